The number of ether oxygens (including phenoxy) is 1. The molecule has 2 amide bonds. The lowest BCUT2D eigenvalue weighted by Crippen LogP contribution is -2.49. The third-order valence-corrected chi connectivity index (χ3v) is 4.65. The fraction of sp³-hybridized carbons (Fsp3) is 0.211. The number of nitrogens with one attached hydrogen (secondary N) is 3. The summed E-state index contributed by atoms with van der Waals surface area (Å²) in [7, 11) is 0. The predicted octanol–water partition coefficient (Wildman–Crippen LogP) is 2.79. The van der Waals surface area contributed by atoms with Crippen molar-refractivity contribution < 1.29 is 14.3 Å². The van der Waals surface area contributed by atoms with Crippen LogP contribution < -0.4 is 20.9 Å². The molecule has 0 fully saturated rings. The highest BCUT2D eigenvalue weighted by atomic mass is 79.9. The molecule has 0 aliphatic heterocycles. The maximum Gasteiger partial charge on any atom is 0.276 e. The van der Waals surface area contributed by atoms with E-state index in [0.29, 0.717) is 18.6 Å². The molecular weight excluding hydrogens is 430 g/mol. The van der Waals surface area contributed by atoms with Gasteiger partial charge in [0.15, 0.2) is 11.7 Å². The van der Waals surface area contributed by atoms with Crippen LogP contribution in [0, 0.1) is 6.92 Å². The second-order valence-corrected chi connectivity index (χ2v) is 7.00. The number of carbonyl (C=O) groups excluding carboxylic acids is 2. The summed E-state index contributed by atoms with van der Waals surface area (Å²) in [5, 5.41) is 2.54. The first-order chi connectivity index (χ1) is 12.9. The van der Waals surface area contributed by atoms with Gasteiger partial charge >= 0.3 is 0 Å². The van der Waals surface area contributed by atoms with E-state index in [4.69, 9.17) is 17.0 Å². The van der Waals surface area contributed by atoms with E-state index in [2.05, 4.69) is 32.1 Å². The zero-order valence-electron chi connectivity index (χ0n) is 14.8. The molecule has 142 valence electrons. The lowest BCUT2D eigenvalue weighted by Gasteiger charge is -2.12. The molecule has 0 radical (unpaired) electrons. The van der Waals surface area contributed by atoms with Crippen LogP contribution in [0.15, 0.2) is 53.0 Å². The van der Waals surface area contributed by atoms with Gasteiger partial charge in [-0.05, 0) is 54.9 Å². The van der Waals surface area contributed by atoms with Gasteiger partial charge in [0.2, 0.25) is 5.91 Å². The van der Waals surface area contributed by atoms with Crippen LogP contribution in [0.2, 0.25) is 0 Å². The van der Waals surface area contributed by atoms with Crippen LogP contribution in [0.4, 0.5) is 0 Å². The number of hydrazine groups is 1. The number of thiocarbonyl (C=S) groups is 1. The zero-order chi connectivity index (χ0) is 19.6. The van der Waals surface area contributed by atoms with Gasteiger partial charge in [-0.15, -0.1) is 0 Å². The lowest BCUT2D eigenvalue weighted by atomic mass is 10.1. The Morgan fingerprint density at radius 1 is 1.07 bits per heavy atom. The largest absolute Gasteiger partial charge is 0.484 e. The number of benzene rings is 2. The van der Waals surface area contributed by atoms with E-state index >= 15 is 0 Å². The van der Waals surface area contributed by atoms with Crippen LogP contribution in [0.3, 0.4) is 0 Å². The Kier molecular flexibility index (Phi) is 8.22. The molecule has 0 unspecified atom stereocenters. The molecule has 0 saturated carbocycles. The summed E-state index contributed by atoms with van der Waals surface area (Å²) >= 11 is 8.39. The van der Waals surface area contributed by atoms with Crippen molar-refractivity contribution >= 4 is 45.1 Å². The Bertz CT molecular complexity index is 815. The second kappa shape index (κ2) is 10.6. The highest BCUT2D eigenvalue weighted by molar-refractivity contribution is 9.10. The molecule has 3 N–H and O–H groups in total. The highest BCUT2D eigenvalue weighted by Gasteiger charge is 2.07. The Morgan fingerprint density at radius 3 is 2.52 bits per heavy atom. The molecule has 0 saturated heterocycles. The zero-order valence-corrected chi connectivity index (χ0v) is 17.2. The lowest BCUT2D eigenvalue weighted by molar-refractivity contribution is -0.124. The molecule has 0 aliphatic rings. The van der Waals surface area contributed by atoms with Crippen molar-refractivity contribution in [2.24, 2.45) is 0 Å². The molecule has 6 nitrogen and oxygen atoms in total. The third kappa shape index (κ3) is 7.76. The smallest absolute Gasteiger partial charge is 0.276 e. The van der Waals surface area contributed by atoms with Crippen LogP contribution in [-0.2, 0) is 16.0 Å². The van der Waals surface area contributed by atoms with Gasteiger partial charge in [-0.2, -0.15) is 0 Å². The van der Waals surface area contributed by atoms with Gasteiger partial charge in [-0.3, -0.25) is 20.4 Å². The van der Waals surface area contributed by atoms with E-state index in [9.17, 15) is 9.59 Å². The van der Waals surface area contributed by atoms with Crippen molar-refractivity contribution in [3.05, 3.63) is 64.1 Å². The monoisotopic (exact) mass is 449 g/mol. The van der Waals surface area contributed by atoms with Crippen molar-refractivity contribution in [2.75, 3.05) is 6.61 Å². The highest BCUT2D eigenvalue weighted by Crippen LogP contribution is 2.21. The molecule has 27 heavy (non-hydrogen) atoms. The minimum atomic E-state index is -0.420. The van der Waals surface area contributed by atoms with Gasteiger partial charge in [0, 0.05) is 10.9 Å². The first-order valence-electron chi connectivity index (χ1n) is 8.25. The summed E-state index contributed by atoms with van der Waals surface area (Å²) in [4.78, 5) is 23.7. The first kappa shape index (κ1) is 20.9. The number of hydrogen-bond acceptors (Lipinski definition) is 4. The van der Waals surface area contributed by atoms with E-state index in [1.165, 1.54) is 0 Å². The van der Waals surface area contributed by atoms with Crippen LogP contribution in [-0.4, -0.2) is 23.5 Å². The van der Waals surface area contributed by atoms with Crippen LogP contribution in [0.5, 0.6) is 5.75 Å². The SMILES string of the molecule is Cc1cc(OCC(=O)NNC(=S)NC(=O)CCc2ccccc2)ccc1Br. The number of hydrogen-bond donors (Lipinski definition) is 3. The van der Waals surface area contributed by atoms with Crippen molar-refractivity contribution in [2.45, 2.75) is 19.8 Å². The molecule has 0 aliphatic carbocycles. The van der Waals surface area contributed by atoms with Gasteiger partial charge in [0.1, 0.15) is 5.75 Å². The molecule has 0 heterocycles. The van der Waals surface area contributed by atoms with E-state index in [1.54, 1.807) is 6.07 Å². The molecule has 2 aromatic carbocycles. The van der Waals surface area contributed by atoms with Crippen molar-refractivity contribution in [3.8, 4) is 5.75 Å². The van der Waals surface area contributed by atoms with Crippen LogP contribution in [0.25, 0.3) is 0 Å². The molecule has 0 spiro atoms. The number of amides is 2. The minimum Gasteiger partial charge on any atom is -0.484 e. The summed E-state index contributed by atoms with van der Waals surface area (Å²) in [5.41, 5.74) is 6.93. The first-order valence-corrected chi connectivity index (χ1v) is 9.45. The number of carbonyl (C=O) groups is 2. The number of halogens is 1. The molecule has 0 aromatic heterocycles. The molecule has 2 aromatic rings. The maximum absolute atomic E-state index is 11.9. The van der Waals surface area contributed by atoms with E-state index in [0.717, 1.165) is 15.6 Å². The Balaban J connectivity index is 1.64. The summed E-state index contributed by atoms with van der Waals surface area (Å²) in [6.45, 7) is 1.75. The van der Waals surface area contributed by atoms with E-state index in [-0.39, 0.29) is 17.6 Å². The van der Waals surface area contributed by atoms with Crippen molar-refractivity contribution in [1.29, 1.82) is 0 Å². The summed E-state index contributed by atoms with van der Waals surface area (Å²) in [6.07, 6.45) is 0.911. The van der Waals surface area contributed by atoms with Gasteiger partial charge in [-0.1, -0.05) is 46.3 Å². The van der Waals surface area contributed by atoms with Crippen molar-refractivity contribution in [1.82, 2.24) is 16.2 Å². The van der Waals surface area contributed by atoms with E-state index < -0.39 is 5.91 Å². The van der Waals surface area contributed by atoms with Gasteiger partial charge in [0.05, 0.1) is 0 Å². The Morgan fingerprint density at radius 2 is 1.81 bits per heavy atom. The van der Waals surface area contributed by atoms with Gasteiger partial charge < -0.3 is 10.1 Å². The fourth-order valence-electron chi connectivity index (χ4n) is 2.14. The maximum atomic E-state index is 11.9. The average molecular weight is 450 g/mol. The molecule has 8 heteroatoms. The summed E-state index contributed by atoms with van der Waals surface area (Å²) in [6, 6.07) is 15.1. The summed E-state index contributed by atoms with van der Waals surface area (Å²) in [5.74, 6) is -0.0636. The molecular formula is C19H20BrN3O3S. The third-order valence-electron chi connectivity index (χ3n) is 3.55. The Labute approximate surface area is 171 Å². The molecule has 2 rings (SSSR count). The normalized spacial score (nSPS) is 10.0. The summed E-state index contributed by atoms with van der Waals surface area (Å²) < 4.78 is 6.37. The number of aryl methyl sites for hydroxylation is 2. The van der Waals surface area contributed by atoms with Crippen molar-refractivity contribution in [3.63, 3.8) is 0 Å². The fourth-order valence-corrected chi connectivity index (χ4v) is 2.55. The number of rotatable bonds is 6. The minimum absolute atomic E-state index is 0.0286. The van der Waals surface area contributed by atoms with Crippen LogP contribution in [0.1, 0.15) is 17.5 Å². The predicted molar refractivity (Wildman–Crippen MR) is 111 cm³/mol. The Hall–Kier alpha value is -2.45. The van der Waals surface area contributed by atoms with E-state index in [1.807, 2.05) is 49.4 Å². The van der Waals surface area contributed by atoms with Crippen LogP contribution >= 0.6 is 28.1 Å². The quantitative estimate of drug-likeness (QED) is 0.466. The standard InChI is InChI=1S/C19H20BrN3O3S/c1-13-11-15(8-9-16(13)20)26-12-18(25)22-23-19(27)21-17(24)10-7-14-5-3-2-4-6-14/h2-6,8-9,11H,7,10,12H2,1H3,(H,22,25)(H2,21,23,24,27). The molecule has 0 bridgehead atoms. The second-order valence-electron chi connectivity index (χ2n) is 5.74. The average Bonchev–Trinajstić information content (AvgIpc) is 2.66. The topological polar surface area (TPSA) is 79.5 Å². The van der Waals surface area contributed by atoms with Gasteiger partial charge in [0.25, 0.3) is 5.91 Å². The van der Waals surface area contributed by atoms with Gasteiger partial charge in [-0.25, -0.2) is 0 Å². The molecule has 0 atom stereocenters.